The molecule has 0 heterocycles. The molecule has 1 aromatic rings. The molecule has 3 N–H and O–H groups in total. The minimum atomic E-state index is -0.361. The number of nitrogens with two attached hydrogens (primary N) is 1. The van der Waals surface area contributed by atoms with E-state index in [4.69, 9.17) is 11.0 Å². The second-order valence-corrected chi connectivity index (χ2v) is 4.04. The van der Waals surface area contributed by atoms with Crippen LogP contribution in [-0.2, 0) is 16.1 Å². The Labute approximate surface area is 111 Å². The van der Waals surface area contributed by atoms with Gasteiger partial charge >= 0.3 is 0 Å². The smallest absolute Gasteiger partial charge is 0.242 e. The summed E-state index contributed by atoms with van der Waals surface area (Å²) in [6.45, 7) is 0.221. The number of amides is 2. The van der Waals surface area contributed by atoms with E-state index in [1.54, 1.807) is 31.3 Å². The van der Waals surface area contributed by atoms with Crippen molar-refractivity contribution in [3.05, 3.63) is 35.4 Å². The maximum Gasteiger partial charge on any atom is 0.242 e. The second kappa shape index (κ2) is 7.13. The highest BCUT2D eigenvalue weighted by atomic mass is 16.2. The number of benzene rings is 1. The van der Waals surface area contributed by atoms with Crippen molar-refractivity contribution in [1.82, 2.24) is 10.2 Å². The highest BCUT2D eigenvalue weighted by Crippen LogP contribution is 2.05. The highest BCUT2D eigenvalue weighted by molar-refractivity contribution is 5.85. The molecule has 6 heteroatoms. The molecule has 0 aromatic heterocycles. The number of hydrogen-bond acceptors (Lipinski definition) is 4. The van der Waals surface area contributed by atoms with Crippen molar-refractivity contribution in [3.8, 4) is 6.07 Å². The first-order valence-corrected chi connectivity index (χ1v) is 5.76. The number of nitrogens with one attached hydrogen (secondary N) is 1. The lowest BCUT2D eigenvalue weighted by Gasteiger charge is -2.17. The molecule has 0 unspecified atom stereocenters. The Bertz CT molecular complexity index is 490. The van der Waals surface area contributed by atoms with Gasteiger partial charge in [0.1, 0.15) is 0 Å². The number of rotatable bonds is 5. The molecule has 6 nitrogen and oxygen atoms in total. The molecule has 0 radical (unpaired) electrons. The van der Waals surface area contributed by atoms with Gasteiger partial charge in [-0.1, -0.05) is 12.1 Å². The molecule has 0 aliphatic carbocycles. The third kappa shape index (κ3) is 4.77. The van der Waals surface area contributed by atoms with Crippen LogP contribution in [0.2, 0.25) is 0 Å². The van der Waals surface area contributed by atoms with Crippen molar-refractivity contribution in [2.75, 3.05) is 20.1 Å². The van der Waals surface area contributed by atoms with Gasteiger partial charge in [0.25, 0.3) is 0 Å². The zero-order valence-corrected chi connectivity index (χ0v) is 10.7. The molecule has 0 spiro atoms. The van der Waals surface area contributed by atoms with Crippen LogP contribution in [0.5, 0.6) is 0 Å². The lowest BCUT2D eigenvalue weighted by molar-refractivity contribution is -0.131. The van der Waals surface area contributed by atoms with E-state index >= 15 is 0 Å². The number of carbonyl (C=O) groups excluding carboxylic acids is 2. The quantitative estimate of drug-likeness (QED) is 0.751. The fourth-order valence-electron chi connectivity index (χ4n) is 1.43. The molecule has 1 rings (SSSR count). The highest BCUT2D eigenvalue weighted by Gasteiger charge is 2.10. The fraction of sp³-hybridized carbons (Fsp3) is 0.308. The average molecular weight is 260 g/mol. The lowest BCUT2D eigenvalue weighted by atomic mass is 10.1. The third-order valence-corrected chi connectivity index (χ3v) is 2.55. The Balaban J connectivity index is 2.49. The van der Waals surface area contributed by atoms with E-state index in [9.17, 15) is 9.59 Å². The Morgan fingerprint density at radius 2 is 2.00 bits per heavy atom. The number of likely N-dealkylation sites (N-methyl/N-ethyl adjacent to an activating group) is 1. The Morgan fingerprint density at radius 1 is 1.37 bits per heavy atom. The predicted molar refractivity (Wildman–Crippen MR) is 69.7 cm³/mol. The molecular weight excluding hydrogens is 244 g/mol. The summed E-state index contributed by atoms with van der Waals surface area (Å²) in [6, 6.07) is 9.01. The van der Waals surface area contributed by atoms with Gasteiger partial charge in [0.15, 0.2) is 0 Å². The van der Waals surface area contributed by atoms with Crippen LogP contribution in [0.1, 0.15) is 11.1 Å². The molecular formula is C13H16N4O2. The van der Waals surface area contributed by atoms with E-state index in [0.29, 0.717) is 12.1 Å². The summed E-state index contributed by atoms with van der Waals surface area (Å²) in [5.41, 5.74) is 6.62. The molecule has 0 bridgehead atoms. The largest absolute Gasteiger partial charge is 0.346 e. The van der Waals surface area contributed by atoms with E-state index < -0.39 is 0 Å². The predicted octanol–water partition coefficient (Wildman–Crippen LogP) is -0.408. The van der Waals surface area contributed by atoms with Gasteiger partial charge in [-0.05, 0) is 17.7 Å². The van der Waals surface area contributed by atoms with Crippen molar-refractivity contribution in [2.45, 2.75) is 6.54 Å². The van der Waals surface area contributed by atoms with Crippen LogP contribution in [-0.4, -0.2) is 36.9 Å². The van der Waals surface area contributed by atoms with Crippen LogP contribution in [0.25, 0.3) is 0 Å². The van der Waals surface area contributed by atoms with E-state index in [1.807, 2.05) is 6.07 Å². The summed E-state index contributed by atoms with van der Waals surface area (Å²) in [4.78, 5) is 24.1. The van der Waals surface area contributed by atoms with Crippen molar-refractivity contribution in [3.63, 3.8) is 0 Å². The summed E-state index contributed by atoms with van der Waals surface area (Å²) in [5, 5.41) is 11.1. The maximum atomic E-state index is 11.7. The van der Waals surface area contributed by atoms with E-state index in [-0.39, 0.29) is 24.9 Å². The van der Waals surface area contributed by atoms with Gasteiger partial charge in [0.05, 0.1) is 24.7 Å². The Hall–Kier alpha value is -2.39. The number of nitriles is 1. The van der Waals surface area contributed by atoms with Crippen LogP contribution in [0.15, 0.2) is 24.3 Å². The number of carbonyl (C=O) groups is 2. The van der Waals surface area contributed by atoms with Gasteiger partial charge in [-0.2, -0.15) is 5.26 Å². The van der Waals surface area contributed by atoms with Gasteiger partial charge in [-0.15, -0.1) is 0 Å². The third-order valence-electron chi connectivity index (χ3n) is 2.55. The summed E-state index contributed by atoms with van der Waals surface area (Å²) < 4.78 is 0. The topological polar surface area (TPSA) is 99.2 Å². The van der Waals surface area contributed by atoms with Gasteiger partial charge in [0.2, 0.25) is 11.8 Å². The van der Waals surface area contributed by atoms with Crippen LogP contribution in [0, 0.1) is 11.3 Å². The van der Waals surface area contributed by atoms with Gasteiger partial charge in [-0.3, -0.25) is 9.59 Å². The fourth-order valence-corrected chi connectivity index (χ4v) is 1.43. The van der Waals surface area contributed by atoms with E-state index in [2.05, 4.69) is 5.32 Å². The van der Waals surface area contributed by atoms with E-state index in [0.717, 1.165) is 5.56 Å². The monoisotopic (exact) mass is 260 g/mol. The van der Waals surface area contributed by atoms with Crippen LogP contribution in [0.3, 0.4) is 0 Å². The molecule has 2 amide bonds. The van der Waals surface area contributed by atoms with Gasteiger partial charge < -0.3 is 16.0 Å². The van der Waals surface area contributed by atoms with Crippen LogP contribution >= 0.6 is 0 Å². The summed E-state index contributed by atoms with van der Waals surface area (Å²) in [5.74, 6) is -0.564. The zero-order chi connectivity index (χ0) is 14.3. The number of hydrogen-bond donors (Lipinski definition) is 2. The first kappa shape index (κ1) is 14.7. The SMILES string of the molecule is CN(Cc1ccc(C#N)cc1)C(=O)CNC(=O)CN. The first-order valence-electron chi connectivity index (χ1n) is 5.76. The lowest BCUT2D eigenvalue weighted by Crippen LogP contribution is -2.40. The number of nitrogens with zero attached hydrogens (tertiary/aromatic N) is 2. The summed E-state index contributed by atoms with van der Waals surface area (Å²) in [7, 11) is 1.65. The molecule has 1 aromatic carbocycles. The molecule has 100 valence electrons. The zero-order valence-electron chi connectivity index (χ0n) is 10.7. The first-order chi connectivity index (χ1) is 9.06. The molecule has 0 aliphatic heterocycles. The van der Waals surface area contributed by atoms with E-state index in [1.165, 1.54) is 4.90 Å². The Morgan fingerprint density at radius 3 is 2.53 bits per heavy atom. The van der Waals surface area contributed by atoms with Crippen LogP contribution in [0.4, 0.5) is 0 Å². The molecule has 0 saturated carbocycles. The van der Waals surface area contributed by atoms with Gasteiger partial charge in [-0.25, -0.2) is 0 Å². The van der Waals surface area contributed by atoms with Crippen molar-refractivity contribution < 1.29 is 9.59 Å². The van der Waals surface area contributed by atoms with Crippen molar-refractivity contribution in [2.24, 2.45) is 5.73 Å². The maximum absolute atomic E-state index is 11.7. The van der Waals surface area contributed by atoms with Crippen molar-refractivity contribution >= 4 is 11.8 Å². The molecule has 19 heavy (non-hydrogen) atoms. The normalized spacial score (nSPS) is 9.53. The minimum absolute atomic E-state index is 0.0667. The summed E-state index contributed by atoms with van der Waals surface area (Å²) >= 11 is 0. The van der Waals surface area contributed by atoms with Gasteiger partial charge in [0, 0.05) is 13.6 Å². The standard InChI is InChI=1S/C13H16N4O2/c1-17(13(19)8-16-12(18)7-15)9-11-4-2-10(6-14)3-5-11/h2-5H,7-9,15H2,1H3,(H,16,18). The minimum Gasteiger partial charge on any atom is -0.346 e. The summed E-state index contributed by atoms with van der Waals surface area (Å²) in [6.07, 6.45) is 0. The van der Waals surface area contributed by atoms with Crippen molar-refractivity contribution in [1.29, 1.82) is 5.26 Å². The van der Waals surface area contributed by atoms with Crippen LogP contribution < -0.4 is 11.1 Å². The molecule has 0 atom stereocenters. The molecule has 0 aliphatic rings. The second-order valence-electron chi connectivity index (χ2n) is 4.04. The molecule has 0 saturated heterocycles. The average Bonchev–Trinajstić information content (AvgIpc) is 2.44. The Kier molecular flexibility index (Phi) is 5.51. The molecule has 0 fully saturated rings.